The van der Waals surface area contributed by atoms with Crippen molar-refractivity contribution in [1.29, 1.82) is 0 Å². The third kappa shape index (κ3) is 29.6. The maximum Gasteiger partial charge on any atom is 0.329 e. The highest BCUT2D eigenvalue weighted by molar-refractivity contribution is 6.05. The SMILES string of the molecule is CCCCCCCCCC(=O)N1CC2Cc3ccccc3C2C[C@@H]1C(=O)N[C@@H](CC(N)=O)C(=O)N[C@@H](CC(=O)O)C(=O)NC1C(=O)NCC(=O)NC(CCCN)C(=O)NC(CC(=O)O)C(=O)NC(C)C(=O)NC(CC(=O)O)C(=O)NCC(=O)NC(CO)C(=O)NC(C(C)CC(=O)O)C(=O)NC(CC(=O)c2ccccc2N)C(=O)OC1C. The van der Waals surface area contributed by atoms with Gasteiger partial charge in [-0.15, -0.1) is 0 Å². The number of carboxylic acid groups (broad SMARTS) is 4. The van der Waals surface area contributed by atoms with Crippen molar-refractivity contribution in [3.8, 4) is 0 Å². The van der Waals surface area contributed by atoms with Crippen LogP contribution in [0.4, 0.5) is 5.69 Å². The molecule has 12 unspecified atom stereocenters. The van der Waals surface area contributed by atoms with Gasteiger partial charge in [-0.2, -0.15) is 0 Å². The molecule has 2 aromatic carbocycles. The van der Waals surface area contributed by atoms with Crippen LogP contribution < -0.4 is 81.0 Å². The number of fused-ring (bicyclic) bond motifs is 3. The van der Waals surface area contributed by atoms with Gasteiger partial charge in [0.05, 0.1) is 51.8 Å². The molecule has 2 saturated heterocycles. The van der Waals surface area contributed by atoms with E-state index in [1.54, 1.807) is 0 Å². The molecule has 2 aromatic rings. The van der Waals surface area contributed by atoms with E-state index >= 15 is 0 Å². The molecular weight excluding hydrogens is 1530 g/mol. The second-order valence-electron chi connectivity index (χ2n) is 28.6. The van der Waals surface area contributed by atoms with Crippen LogP contribution in [0.15, 0.2) is 48.5 Å². The summed E-state index contributed by atoms with van der Waals surface area (Å²) in [5.74, 6) is -29.5. The molecule has 3 aliphatic rings. The number of para-hydroxylation sites is 1. The third-order valence-electron chi connectivity index (χ3n) is 19.5. The Bertz CT molecular complexity index is 3970. The molecule has 5 rings (SSSR count). The first-order chi connectivity index (χ1) is 54.9. The lowest BCUT2D eigenvalue weighted by molar-refractivity contribution is -0.156. The standard InChI is InChI=1S/C74H104N16O26/c1-5-6-7-8-9-10-11-22-57(96)90-34-40-25-39-17-12-13-18-41(39)43(40)26-52(90)71(112)86-46(28-54(77)93)68(109)85-49(31-61(103)104)69(110)89-63-38(4)116-74(115)50(27-53(92)42-19-14-15-20-44(42)76)87-73(114)62(36(2)24-58(97)98)88-70(111)51(35-91)82-56(95)32-78-65(106)47(29-59(99)100)83-64(105)37(3)80-67(108)48(30-60(101)102)84-66(107)45(21-16-23-75)81-55(94)33-79-72(63)113/h12-15,17-20,36-38,40,43,45-52,62-63,91H,5-11,16,21-35,75-76H2,1-4H3,(H2,77,93)(H,78,106)(H,79,113)(H,80,108)(H,81,94)(H,82,95)(H,83,105)(H,84,107)(H,85,109)(H,86,112)(H,87,114)(H,88,111)(H,89,110)(H,97,98)(H,99,100)(H,101,102)(H,103,104)/t36?,37?,38?,40?,43?,45?,46-,47?,48?,49-,50?,51?,52+,62?,63?/m0/s1. The van der Waals surface area contributed by atoms with Gasteiger partial charge < -0.3 is 116 Å². The minimum Gasteiger partial charge on any atom is -0.481 e. The zero-order valence-corrected chi connectivity index (χ0v) is 64.5. The van der Waals surface area contributed by atoms with Crippen LogP contribution in [0.5, 0.6) is 0 Å². The maximum absolute atomic E-state index is 14.9. The number of esters is 1. The number of benzene rings is 2. The van der Waals surface area contributed by atoms with E-state index in [0.29, 0.717) is 12.8 Å². The smallest absolute Gasteiger partial charge is 0.329 e. The van der Waals surface area contributed by atoms with Crippen molar-refractivity contribution in [2.24, 2.45) is 23.3 Å². The summed E-state index contributed by atoms with van der Waals surface area (Å²) in [4.78, 5) is 276. The summed E-state index contributed by atoms with van der Waals surface area (Å²) in [7, 11) is 0. The average Bonchev–Trinajstić information content (AvgIpc) is 1.59. The van der Waals surface area contributed by atoms with Gasteiger partial charge in [-0.05, 0) is 93.5 Å². The van der Waals surface area contributed by atoms with Crippen LogP contribution in [-0.4, -0.2) is 254 Å². The zero-order chi connectivity index (χ0) is 86.2. The summed E-state index contributed by atoms with van der Waals surface area (Å²) in [6, 6.07) is -9.56. The number of nitrogens with one attached hydrogen (secondary N) is 12. The van der Waals surface area contributed by atoms with Gasteiger partial charge >= 0.3 is 29.8 Å². The first-order valence-electron chi connectivity index (χ1n) is 37.9. The minimum absolute atomic E-state index is 0.0667. The van der Waals surface area contributed by atoms with Crippen LogP contribution in [0.3, 0.4) is 0 Å². The number of carboxylic acids is 4. The summed E-state index contributed by atoms with van der Waals surface area (Å²) >= 11 is 0. The largest absolute Gasteiger partial charge is 0.481 e. The quantitative estimate of drug-likeness (QED) is 0.0141. The number of ketones is 1. The Labute approximate surface area is 665 Å². The number of carbonyl (C=O) groups is 20. The predicted molar refractivity (Wildman–Crippen MR) is 403 cm³/mol. The van der Waals surface area contributed by atoms with Gasteiger partial charge in [0.25, 0.3) is 0 Å². The van der Waals surface area contributed by atoms with Crippen molar-refractivity contribution in [2.75, 3.05) is 38.5 Å². The van der Waals surface area contributed by atoms with E-state index in [4.69, 9.17) is 21.9 Å². The van der Waals surface area contributed by atoms with E-state index in [1.165, 1.54) is 29.2 Å². The van der Waals surface area contributed by atoms with E-state index in [9.17, 15) is 121 Å². The molecule has 2 aliphatic heterocycles. The van der Waals surface area contributed by atoms with Crippen molar-refractivity contribution in [2.45, 2.75) is 222 Å². The molecule has 2 heterocycles. The number of nitrogens with two attached hydrogens (primary N) is 3. The summed E-state index contributed by atoms with van der Waals surface area (Å²) < 4.78 is 5.70. The normalized spacial score (nSPS) is 23.8. The average molecular weight is 1630 g/mol. The van der Waals surface area contributed by atoms with Crippen molar-refractivity contribution >= 4 is 124 Å². The number of Topliss-reactive ketones (excluding diaryl/α,β-unsaturated/α-hetero) is 1. The molecule has 0 aromatic heterocycles. The molecule has 0 bridgehead atoms. The lowest BCUT2D eigenvalue weighted by atomic mass is 9.81. The Kier molecular flexibility index (Phi) is 37.6. The number of amides is 14. The molecule has 14 amide bonds. The van der Waals surface area contributed by atoms with Gasteiger partial charge in [-0.1, -0.05) is 88.8 Å². The van der Waals surface area contributed by atoms with Crippen LogP contribution in [0, 0.1) is 11.8 Å². The van der Waals surface area contributed by atoms with Gasteiger partial charge in [-0.25, -0.2) is 4.79 Å². The number of carbonyl (C=O) groups excluding carboxylic acids is 16. The Balaban J connectivity index is 1.59. The number of likely N-dealkylation sites (tertiary alicyclic amines) is 1. The van der Waals surface area contributed by atoms with E-state index in [-0.39, 0.29) is 67.8 Å². The molecular formula is C74H104N16O26. The summed E-state index contributed by atoms with van der Waals surface area (Å²) in [5, 5.41) is 75.7. The maximum atomic E-state index is 14.9. The van der Waals surface area contributed by atoms with Crippen molar-refractivity contribution in [3.63, 3.8) is 0 Å². The second kappa shape index (κ2) is 46.2. The van der Waals surface area contributed by atoms with Crippen molar-refractivity contribution < 1.29 is 126 Å². The number of hydrogen-bond acceptors (Lipinski definition) is 24. The van der Waals surface area contributed by atoms with Crippen LogP contribution >= 0.6 is 0 Å². The fourth-order valence-electron chi connectivity index (χ4n) is 13.4. The number of rotatable bonds is 32. The highest BCUT2D eigenvalue weighted by atomic mass is 16.5. The summed E-state index contributed by atoms with van der Waals surface area (Å²) in [6.45, 7) is 1.31. The Hall–Kier alpha value is -12.2. The second-order valence-corrected chi connectivity index (χ2v) is 28.6. The number of piperidine rings is 1. The number of ether oxygens (including phenoxy) is 1. The number of aliphatic hydroxyl groups is 1. The summed E-state index contributed by atoms with van der Waals surface area (Å²) in [6.07, 6.45) is -2.62. The van der Waals surface area contributed by atoms with Crippen molar-refractivity contribution in [1.82, 2.24) is 68.7 Å². The van der Waals surface area contributed by atoms with Gasteiger partial charge in [0.2, 0.25) is 82.7 Å². The molecule has 23 N–H and O–H groups in total. The van der Waals surface area contributed by atoms with E-state index in [2.05, 4.69) is 54.8 Å². The first-order valence-corrected chi connectivity index (χ1v) is 37.9. The molecule has 15 atom stereocenters. The molecule has 0 saturated carbocycles. The number of nitrogens with zero attached hydrogens (tertiary/aromatic N) is 1. The third-order valence-corrected chi connectivity index (χ3v) is 19.5. The number of aliphatic hydroxyl groups excluding tert-OH is 1. The number of unbranched alkanes of at least 4 members (excludes halogenated alkanes) is 6. The first kappa shape index (κ1) is 94.4. The monoisotopic (exact) mass is 1630 g/mol. The highest BCUT2D eigenvalue weighted by Gasteiger charge is 2.47. The molecule has 42 nitrogen and oxygen atoms in total. The van der Waals surface area contributed by atoms with Gasteiger partial charge in [0.15, 0.2) is 5.78 Å². The van der Waals surface area contributed by atoms with Crippen LogP contribution in [0.25, 0.3) is 0 Å². The number of anilines is 1. The Morgan fingerprint density at radius 2 is 1.15 bits per heavy atom. The van der Waals surface area contributed by atoms with Gasteiger partial charge in [-0.3, -0.25) is 91.1 Å². The fraction of sp³-hybridized carbons (Fsp3) is 0.568. The minimum atomic E-state index is -2.43. The lowest BCUT2D eigenvalue weighted by Crippen LogP contribution is -2.62. The van der Waals surface area contributed by atoms with Crippen molar-refractivity contribution in [3.05, 3.63) is 65.2 Å². The number of cyclic esters (lactones) is 1. The van der Waals surface area contributed by atoms with E-state index in [0.717, 1.165) is 70.4 Å². The summed E-state index contributed by atoms with van der Waals surface area (Å²) in [5.41, 5.74) is 19.0. The predicted octanol–water partition coefficient (Wildman–Crippen LogP) is -5.27. The molecule has 116 heavy (non-hydrogen) atoms. The molecule has 636 valence electrons. The number of hydrogen-bond donors (Lipinski definition) is 20. The number of primary amides is 1. The molecule has 0 radical (unpaired) electrons. The highest BCUT2D eigenvalue weighted by Crippen LogP contribution is 2.45. The fourth-order valence-corrected chi connectivity index (χ4v) is 13.4. The topological polar surface area (TPSA) is 677 Å². The van der Waals surface area contributed by atoms with Gasteiger partial charge in [0, 0.05) is 30.6 Å². The van der Waals surface area contributed by atoms with Gasteiger partial charge in [0.1, 0.15) is 72.6 Å². The van der Waals surface area contributed by atoms with E-state index in [1.807, 2.05) is 40.2 Å². The molecule has 0 spiro atoms. The van der Waals surface area contributed by atoms with E-state index < -0.39 is 249 Å². The Morgan fingerprint density at radius 3 is 1.76 bits per heavy atom. The molecule has 42 heteroatoms. The lowest BCUT2D eigenvalue weighted by Gasteiger charge is -2.41. The molecule has 1 aliphatic carbocycles. The number of nitrogen functional groups attached to an aromatic ring is 1. The van der Waals surface area contributed by atoms with Crippen LogP contribution in [0.1, 0.15) is 164 Å². The molecule has 2 fully saturated rings. The Morgan fingerprint density at radius 1 is 0.586 bits per heavy atom. The van der Waals surface area contributed by atoms with Crippen LogP contribution in [0.2, 0.25) is 0 Å². The zero-order valence-electron chi connectivity index (χ0n) is 64.5. The van der Waals surface area contributed by atoms with Crippen LogP contribution in [-0.2, 0) is 102 Å². The number of aliphatic carboxylic acids is 4.